The minimum Gasteiger partial charge on any atom is -0.293 e. The number of fused-ring (bicyclic) bond motifs is 1. The summed E-state index contributed by atoms with van der Waals surface area (Å²) < 4.78 is 1.47. The van der Waals surface area contributed by atoms with E-state index in [1.165, 1.54) is 16.6 Å². The Morgan fingerprint density at radius 3 is 2.96 bits per heavy atom. The molecule has 0 spiro atoms. The van der Waals surface area contributed by atoms with Crippen LogP contribution in [0.25, 0.3) is 5.65 Å². The molecule has 0 bridgehead atoms. The number of amides is 1. The Morgan fingerprint density at radius 2 is 2.17 bits per heavy atom. The normalized spacial score (nSPS) is 10.7. The molecule has 0 saturated carbocycles. The Hall–Kier alpha value is -3.00. The Balaban J connectivity index is 1.62. The van der Waals surface area contributed by atoms with Gasteiger partial charge in [-0.15, -0.1) is 5.10 Å². The predicted molar refractivity (Wildman–Crippen MR) is 88.0 cm³/mol. The molecule has 0 atom stereocenters. The standard InChI is InChI=1S/C15H12ClN5O3/c16-11-5-6-13-17-15(19-20(13)9-11)18-14(22)7-4-10-2-1-3-12(8-10)21(23)24/h1-3,5-6,8-9H,4,7H2,(H,18,19,22). The first-order valence-corrected chi connectivity index (χ1v) is 7.44. The maximum atomic E-state index is 12.0. The zero-order valence-corrected chi connectivity index (χ0v) is 13.1. The molecule has 0 fully saturated rings. The highest BCUT2D eigenvalue weighted by Gasteiger charge is 2.10. The van der Waals surface area contributed by atoms with Gasteiger partial charge >= 0.3 is 0 Å². The molecule has 0 saturated heterocycles. The highest BCUT2D eigenvalue weighted by atomic mass is 35.5. The van der Waals surface area contributed by atoms with E-state index in [0.717, 1.165) is 0 Å². The summed E-state index contributed by atoms with van der Waals surface area (Å²) in [5.74, 6) is -0.0928. The van der Waals surface area contributed by atoms with Crippen LogP contribution in [0.15, 0.2) is 42.6 Å². The first-order chi connectivity index (χ1) is 11.5. The summed E-state index contributed by atoms with van der Waals surface area (Å²) in [5.41, 5.74) is 1.29. The van der Waals surface area contributed by atoms with Crippen LogP contribution in [0.3, 0.4) is 0 Å². The summed E-state index contributed by atoms with van der Waals surface area (Å²) >= 11 is 5.86. The smallest absolute Gasteiger partial charge is 0.269 e. The summed E-state index contributed by atoms with van der Waals surface area (Å²) in [6.07, 6.45) is 2.13. The van der Waals surface area contributed by atoms with Crippen molar-refractivity contribution in [3.05, 3.63) is 63.3 Å². The third kappa shape index (κ3) is 3.66. The number of anilines is 1. The van der Waals surface area contributed by atoms with E-state index in [2.05, 4.69) is 15.4 Å². The molecule has 1 N–H and O–H groups in total. The molecular weight excluding hydrogens is 334 g/mol. The summed E-state index contributed by atoms with van der Waals surface area (Å²) in [5, 5.41) is 18.0. The molecule has 2 aromatic heterocycles. The van der Waals surface area contributed by atoms with E-state index >= 15 is 0 Å². The molecule has 2 heterocycles. The summed E-state index contributed by atoms with van der Waals surface area (Å²) in [6.45, 7) is 0. The van der Waals surface area contributed by atoms with Crippen LogP contribution in [0.1, 0.15) is 12.0 Å². The second-order valence-corrected chi connectivity index (χ2v) is 5.50. The predicted octanol–water partition coefficient (Wildman–Crippen LogP) is 2.86. The maximum Gasteiger partial charge on any atom is 0.269 e. The van der Waals surface area contributed by atoms with Gasteiger partial charge in [-0.1, -0.05) is 23.7 Å². The first kappa shape index (κ1) is 15.9. The lowest BCUT2D eigenvalue weighted by Crippen LogP contribution is -2.13. The van der Waals surface area contributed by atoms with Crippen molar-refractivity contribution in [3.8, 4) is 0 Å². The first-order valence-electron chi connectivity index (χ1n) is 7.06. The lowest BCUT2D eigenvalue weighted by molar-refractivity contribution is -0.384. The van der Waals surface area contributed by atoms with E-state index in [1.807, 2.05) is 0 Å². The highest BCUT2D eigenvalue weighted by Crippen LogP contribution is 2.15. The number of nitro groups is 1. The van der Waals surface area contributed by atoms with Crippen LogP contribution in [0, 0.1) is 10.1 Å². The minimum absolute atomic E-state index is 0.00630. The monoisotopic (exact) mass is 345 g/mol. The van der Waals surface area contributed by atoms with Gasteiger partial charge in [0.15, 0.2) is 5.65 Å². The molecule has 8 nitrogen and oxygen atoms in total. The van der Waals surface area contributed by atoms with Crippen LogP contribution >= 0.6 is 11.6 Å². The van der Waals surface area contributed by atoms with Crippen LogP contribution in [-0.4, -0.2) is 25.4 Å². The fraction of sp³-hybridized carbons (Fsp3) is 0.133. The molecule has 0 aliphatic carbocycles. The summed E-state index contributed by atoms with van der Waals surface area (Å²) in [7, 11) is 0. The van der Waals surface area contributed by atoms with Crippen LogP contribution < -0.4 is 5.32 Å². The lowest BCUT2D eigenvalue weighted by atomic mass is 10.1. The third-order valence-electron chi connectivity index (χ3n) is 3.31. The molecule has 24 heavy (non-hydrogen) atoms. The van der Waals surface area contributed by atoms with Gasteiger partial charge in [-0.2, -0.15) is 4.98 Å². The Morgan fingerprint density at radius 1 is 1.33 bits per heavy atom. The van der Waals surface area contributed by atoms with Crippen LogP contribution in [0.2, 0.25) is 5.02 Å². The number of benzene rings is 1. The second kappa shape index (κ2) is 6.63. The van der Waals surface area contributed by atoms with Crippen molar-refractivity contribution in [1.29, 1.82) is 0 Å². The van der Waals surface area contributed by atoms with Gasteiger partial charge in [0.25, 0.3) is 5.69 Å². The summed E-state index contributed by atoms with van der Waals surface area (Å²) in [4.78, 5) is 26.4. The third-order valence-corrected chi connectivity index (χ3v) is 3.53. The molecule has 0 radical (unpaired) electrons. The van der Waals surface area contributed by atoms with Crippen molar-refractivity contribution >= 4 is 34.8 Å². The maximum absolute atomic E-state index is 12.0. The fourth-order valence-electron chi connectivity index (χ4n) is 2.18. The molecule has 0 aliphatic heterocycles. The number of non-ortho nitro benzene ring substituents is 1. The molecule has 0 unspecified atom stereocenters. The van der Waals surface area contributed by atoms with Crippen molar-refractivity contribution in [3.63, 3.8) is 0 Å². The topological polar surface area (TPSA) is 102 Å². The van der Waals surface area contributed by atoms with Gasteiger partial charge in [0.1, 0.15) is 0 Å². The highest BCUT2D eigenvalue weighted by molar-refractivity contribution is 6.30. The van der Waals surface area contributed by atoms with E-state index in [0.29, 0.717) is 22.7 Å². The molecule has 3 aromatic rings. The number of hydrogen-bond acceptors (Lipinski definition) is 5. The number of pyridine rings is 1. The zero-order valence-electron chi connectivity index (χ0n) is 12.3. The van der Waals surface area contributed by atoms with Gasteiger partial charge in [-0.05, 0) is 24.1 Å². The van der Waals surface area contributed by atoms with Crippen molar-refractivity contribution < 1.29 is 9.72 Å². The number of aromatic nitrogens is 3. The Labute approximate surface area is 141 Å². The van der Waals surface area contributed by atoms with Crippen molar-refractivity contribution in [1.82, 2.24) is 14.6 Å². The number of nitrogens with one attached hydrogen (secondary N) is 1. The quantitative estimate of drug-likeness (QED) is 0.565. The minimum atomic E-state index is -0.463. The lowest BCUT2D eigenvalue weighted by Gasteiger charge is -2.02. The van der Waals surface area contributed by atoms with E-state index in [4.69, 9.17) is 11.6 Å². The van der Waals surface area contributed by atoms with Gasteiger partial charge in [0.05, 0.1) is 9.95 Å². The van der Waals surface area contributed by atoms with E-state index in [9.17, 15) is 14.9 Å². The largest absolute Gasteiger partial charge is 0.293 e. The van der Waals surface area contributed by atoms with Gasteiger partial charge < -0.3 is 0 Å². The number of hydrogen-bond donors (Lipinski definition) is 1. The molecule has 1 aromatic carbocycles. The average Bonchev–Trinajstić information content (AvgIpc) is 2.94. The van der Waals surface area contributed by atoms with E-state index in [1.54, 1.807) is 30.5 Å². The zero-order chi connectivity index (χ0) is 17.1. The van der Waals surface area contributed by atoms with Gasteiger partial charge in [0.2, 0.25) is 11.9 Å². The van der Waals surface area contributed by atoms with Gasteiger partial charge in [0, 0.05) is 24.8 Å². The molecular formula is C15H12ClN5O3. The molecule has 3 rings (SSSR count). The van der Waals surface area contributed by atoms with Crippen LogP contribution in [0.5, 0.6) is 0 Å². The molecule has 0 aliphatic rings. The van der Waals surface area contributed by atoms with Crippen LogP contribution in [0.4, 0.5) is 11.6 Å². The van der Waals surface area contributed by atoms with E-state index in [-0.39, 0.29) is 24.0 Å². The molecule has 9 heteroatoms. The SMILES string of the molecule is O=C(CCc1cccc([N+](=O)[O-])c1)Nc1nc2ccc(Cl)cn2n1. The number of rotatable bonds is 5. The van der Waals surface area contributed by atoms with Crippen molar-refractivity contribution in [2.45, 2.75) is 12.8 Å². The van der Waals surface area contributed by atoms with Crippen molar-refractivity contribution in [2.75, 3.05) is 5.32 Å². The number of carbonyl (C=O) groups is 1. The average molecular weight is 346 g/mol. The Kier molecular flexibility index (Phi) is 4.39. The molecule has 122 valence electrons. The fourth-order valence-corrected chi connectivity index (χ4v) is 2.34. The number of halogens is 1. The summed E-state index contributed by atoms with van der Waals surface area (Å²) in [6, 6.07) is 9.57. The van der Waals surface area contributed by atoms with Crippen molar-refractivity contribution in [2.24, 2.45) is 0 Å². The number of nitrogens with zero attached hydrogens (tertiary/aromatic N) is 4. The van der Waals surface area contributed by atoms with Gasteiger partial charge in [-0.3, -0.25) is 20.2 Å². The molecule has 1 amide bonds. The van der Waals surface area contributed by atoms with Crippen LogP contribution in [-0.2, 0) is 11.2 Å². The van der Waals surface area contributed by atoms with E-state index < -0.39 is 4.92 Å². The number of carbonyl (C=O) groups excluding carboxylic acids is 1. The number of nitro benzene ring substituents is 1. The second-order valence-electron chi connectivity index (χ2n) is 5.06. The Bertz CT molecular complexity index is 924. The number of aryl methyl sites for hydroxylation is 1. The van der Waals surface area contributed by atoms with Gasteiger partial charge in [-0.25, -0.2) is 4.52 Å².